The fourth-order valence-corrected chi connectivity index (χ4v) is 1.77. The number of benzene rings is 1. The number of likely N-dealkylation sites (N-methyl/N-ethyl adjacent to an activating group) is 1. The van der Waals surface area contributed by atoms with Crippen molar-refractivity contribution < 1.29 is 13.6 Å². The molecule has 0 aliphatic rings. The second-order valence-corrected chi connectivity index (χ2v) is 5.17. The molecular formula is C14H21F2N3O. The summed E-state index contributed by atoms with van der Waals surface area (Å²) in [6.07, 6.45) is 0. The molecule has 112 valence electrons. The van der Waals surface area contributed by atoms with E-state index in [4.69, 9.17) is 5.73 Å². The number of halogens is 2. The molecular weight excluding hydrogens is 264 g/mol. The van der Waals surface area contributed by atoms with Gasteiger partial charge in [-0.25, -0.2) is 8.78 Å². The first-order chi connectivity index (χ1) is 9.35. The molecule has 3 N–H and O–H groups in total. The van der Waals surface area contributed by atoms with Crippen LogP contribution in [0.25, 0.3) is 0 Å². The van der Waals surface area contributed by atoms with Crippen LogP contribution in [0.5, 0.6) is 0 Å². The average Bonchev–Trinajstić information content (AvgIpc) is 2.35. The highest BCUT2D eigenvalue weighted by atomic mass is 19.1. The van der Waals surface area contributed by atoms with Crippen molar-refractivity contribution in [2.45, 2.75) is 20.4 Å². The number of carbonyl (C=O) groups is 1. The van der Waals surface area contributed by atoms with Gasteiger partial charge in [0, 0.05) is 20.1 Å². The van der Waals surface area contributed by atoms with Crippen LogP contribution in [0.15, 0.2) is 12.1 Å². The van der Waals surface area contributed by atoms with Crippen LogP contribution in [0.3, 0.4) is 0 Å². The van der Waals surface area contributed by atoms with E-state index >= 15 is 0 Å². The summed E-state index contributed by atoms with van der Waals surface area (Å²) in [5.74, 6) is -1.39. The summed E-state index contributed by atoms with van der Waals surface area (Å²) in [6.45, 7) is 4.42. The van der Waals surface area contributed by atoms with Crippen molar-refractivity contribution >= 4 is 11.6 Å². The number of hydrogen-bond donors (Lipinski definition) is 2. The van der Waals surface area contributed by atoms with Gasteiger partial charge in [0.15, 0.2) is 0 Å². The molecule has 0 bridgehead atoms. The lowest BCUT2D eigenvalue weighted by atomic mass is 10.1. The predicted octanol–water partition coefficient (Wildman–Crippen LogP) is 1.63. The monoisotopic (exact) mass is 285 g/mol. The third-order valence-electron chi connectivity index (χ3n) is 2.78. The summed E-state index contributed by atoms with van der Waals surface area (Å²) in [7, 11) is 1.47. The van der Waals surface area contributed by atoms with E-state index in [1.165, 1.54) is 24.1 Å². The van der Waals surface area contributed by atoms with Crippen molar-refractivity contribution in [3.05, 3.63) is 29.3 Å². The van der Waals surface area contributed by atoms with Crippen molar-refractivity contribution in [2.24, 2.45) is 11.7 Å². The van der Waals surface area contributed by atoms with Crippen LogP contribution in [0.1, 0.15) is 19.4 Å². The molecule has 0 spiro atoms. The number of nitrogens with zero attached hydrogens (tertiary/aromatic N) is 1. The SMILES string of the molecule is CC(C)CNC(=O)CN(C)c1c(F)cc(CN)cc1F. The van der Waals surface area contributed by atoms with E-state index < -0.39 is 11.6 Å². The van der Waals surface area contributed by atoms with Gasteiger partial charge in [-0.05, 0) is 23.6 Å². The molecule has 1 amide bonds. The summed E-state index contributed by atoms with van der Waals surface area (Å²) in [4.78, 5) is 12.9. The lowest BCUT2D eigenvalue weighted by molar-refractivity contribution is -0.119. The quantitative estimate of drug-likeness (QED) is 0.835. The number of nitrogens with one attached hydrogen (secondary N) is 1. The molecule has 0 saturated heterocycles. The van der Waals surface area contributed by atoms with Crippen molar-refractivity contribution in [2.75, 3.05) is 25.0 Å². The molecule has 0 saturated carbocycles. The zero-order valence-corrected chi connectivity index (χ0v) is 12.0. The van der Waals surface area contributed by atoms with Crippen molar-refractivity contribution in [1.29, 1.82) is 0 Å². The number of anilines is 1. The van der Waals surface area contributed by atoms with Gasteiger partial charge in [0.25, 0.3) is 0 Å². The number of hydrogen-bond acceptors (Lipinski definition) is 3. The summed E-state index contributed by atoms with van der Waals surface area (Å²) < 4.78 is 27.7. The van der Waals surface area contributed by atoms with E-state index in [1.807, 2.05) is 13.8 Å². The highest BCUT2D eigenvalue weighted by Crippen LogP contribution is 2.23. The first-order valence-electron chi connectivity index (χ1n) is 6.51. The lowest BCUT2D eigenvalue weighted by Crippen LogP contribution is -2.37. The van der Waals surface area contributed by atoms with Gasteiger partial charge in [-0.2, -0.15) is 0 Å². The molecule has 0 aliphatic heterocycles. The minimum Gasteiger partial charge on any atom is -0.361 e. The number of nitrogens with two attached hydrogens (primary N) is 1. The molecule has 0 atom stereocenters. The first kappa shape index (κ1) is 16.4. The van der Waals surface area contributed by atoms with E-state index in [0.717, 1.165) is 0 Å². The fraction of sp³-hybridized carbons (Fsp3) is 0.500. The maximum Gasteiger partial charge on any atom is 0.239 e. The fourth-order valence-electron chi connectivity index (χ4n) is 1.77. The van der Waals surface area contributed by atoms with Crippen LogP contribution in [-0.4, -0.2) is 26.0 Å². The number of rotatable bonds is 6. The van der Waals surface area contributed by atoms with Crippen molar-refractivity contribution in [3.63, 3.8) is 0 Å². The van der Waals surface area contributed by atoms with E-state index in [9.17, 15) is 13.6 Å². The predicted molar refractivity (Wildman–Crippen MR) is 75.4 cm³/mol. The van der Waals surface area contributed by atoms with Gasteiger partial charge in [-0.3, -0.25) is 4.79 Å². The lowest BCUT2D eigenvalue weighted by Gasteiger charge is -2.21. The molecule has 1 aromatic carbocycles. The molecule has 0 fully saturated rings. The molecule has 20 heavy (non-hydrogen) atoms. The first-order valence-corrected chi connectivity index (χ1v) is 6.51. The molecule has 0 heterocycles. The molecule has 4 nitrogen and oxygen atoms in total. The Hall–Kier alpha value is -1.69. The van der Waals surface area contributed by atoms with Gasteiger partial charge < -0.3 is 16.0 Å². The zero-order valence-electron chi connectivity index (χ0n) is 12.0. The zero-order chi connectivity index (χ0) is 15.3. The third-order valence-corrected chi connectivity index (χ3v) is 2.78. The Labute approximate surface area is 117 Å². The van der Waals surface area contributed by atoms with E-state index in [2.05, 4.69) is 5.32 Å². The second kappa shape index (κ2) is 7.19. The molecule has 0 radical (unpaired) electrons. The smallest absolute Gasteiger partial charge is 0.239 e. The highest BCUT2D eigenvalue weighted by molar-refractivity contribution is 5.81. The summed E-state index contributed by atoms with van der Waals surface area (Å²) in [5.41, 5.74) is 5.51. The van der Waals surface area contributed by atoms with E-state index in [-0.39, 0.29) is 24.7 Å². The van der Waals surface area contributed by atoms with Crippen molar-refractivity contribution in [1.82, 2.24) is 5.32 Å². The standard InChI is InChI=1S/C14H21F2N3O/c1-9(2)7-18-13(20)8-19(3)14-11(15)4-10(6-17)5-12(14)16/h4-5,9H,6-8,17H2,1-3H3,(H,18,20). The average molecular weight is 285 g/mol. The molecule has 6 heteroatoms. The minimum absolute atomic E-state index is 0.0622. The summed E-state index contributed by atoms with van der Waals surface area (Å²) in [5, 5.41) is 2.70. The number of carbonyl (C=O) groups excluding carboxylic acids is 1. The normalized spacial score (nSPS) is 10.8. The molecule has 1 aromatic rings. The maximum absolute atomic E-state index is 13.8. The van der Waals surface area contributed by atoms with E-state index in [0.29, 0.717) is 18.0 Å². The minimum atomic E-state index is -0.718. The van der Waals surface area contributed by atoms with Gasteiger partial charge in [0.05, 0.1) is 6.54 Å². The van der Waals surface area contributed by atoms with Gasteiger partial charge in [-0.15, -0.1) is 0 Å². The van der Waals surface area contributed by atoms with Gasteiger partial charge >= 0.3 is 0 Å². The Kier molecular flexibility index (Phi) is 5.88. The Morgan fingerprint density at radius 3 is 2.35 bits per heavy atom. The van der Waals surface area contributed by atoms with Crippen LogP contribution in [0, 0.1) is 17.6 Å². The van der Waals surface area contributed by atoms with Crippen LogP contribution in [0.4, 0.5) is 14.5 Å². The topological polar surface area (TPSA) is 58.4 Å². The molecule has 0 aromatic heterocycles. The third kappa shape index (κ3) is 4.45. The Bertz CT molecular complexity index is 454. The Balaban J connectivity index is 2.77. The Morgan fingerprint density at radius 1 is 1.35 bits per heavy atom. The van der Waals surface area contributed by atoms with Crippen LogP contribution in [0.2, 0.25) is 0 Å². The van der Waals surface area contributed by atoms with Crippen LogP contribution < -0.4 is 16.0 Å². The van der Waals surface area contributed by atoms with Gasteiger partial charge in [-0.1, -0.05) is 13.8 Å². The second-order valence-electron chi connectivity index (χ2n) is 5.17. The summed E-state index contributed by atoms with van der Waals surface area (Å²) in [6, 6.07) is 2.36. The van der Waals surface area contributed by atoms with Gasteiger partial charge in [0.1, 0.15) is 17.3 Å². The Morgan fingerprint density at radius 2 is 1.90 bits per heavy atom. The van der Waals surface area contributed by atoms with Crippen molar-refractivity contribution in [3.8, 4) is 0 Å². The maximum atomic E-state index is 13.8. The van der Waals surface area contributed by atoms with E-state index in [1.54, 1.807) is 0 Å². The van der Waals surface area contributed by atoms with Crippen LogP contribution >= 0.6 is 0 Å². The van der Waals surface area contributed by atoms with Gasteiger partial charge in [0.2, 0.25) is 5.91 Å². The number of amides is 1. The molecule has 0 aliphatic carbocycles. The molecule has 0 unspecified atom stereocenters. The summed E-state index contributed by atoms with van der Waals surface area (Å²) >= 11 is 0. The molecule has 1 rings (SSSR count). The largest absolute Gasteiger partial charge is 0.361 e. The highest BCUT2D eigenvalue weighted by Gasteiger charge is 2.17. The van der Waals surface area contributed by atoms with Crippen LogP contribution in [-0.2, 0) is 11.3 Å².